The Bertz CT molecular complexity index is 600. The lowest BCUT2D eigenvalue weighted by Crippen LogP contribution is -2.19. The Balaban J connectivity index is 1.94. The molecule has 2 N–H and O–H groups in total. The second-order valence-corrected chi connectivity index (χ2v) is 5.64. The van der Waals surface area contributed by atoms with Gasteiger partial charge in [-0.25, -0.2) is 0 Å². The second kappa shape index (κ2) is 7.66. The largest absolute Gasteiger partial charge is 0.508 e. The smallest absolute Gasteiger partial charge is 0.115 e. The third kappa shape index (κ3) is 4.64. The van der Waals surface area contributed by atoms with E-state index < -0.39 is 0 Å². The minimum atomic E-state index is 0.289. The SMILES string of the molecule is CN(C)C(CCC=Cc1ccc(O)cc1)c1ccc(O)cc1. The van der Waals surface area contributed by atoms with Gasteiger partial charge in [0.15, 0.2) is 0 Å². The van der Waals surface area contributed by atoms with Crippen molar-refractivity contribution >= 4 is 6.08 Å². The lowest BCUT2D eigenvalue weighted by Gasteiger charge is -2.24. The molecule has 0 radical (unpaired) electrons. The van der Waals surface area contributed by atoms with E-state index in [4.69, 9.17) is 0 Å². The maximum atomic E-state index is 9.39. The Morgan fingerprint density at radius 2 is 1.45 bits per heavy atom. The van der Waals surface area contributed by atoms with Gasteiger partial charge in [-0.15, -0.1) is 0 Å². The Labute approximate surface area is 132 Å². The molecule has 0 saturated carbocycles. The van der Waals surface area contributed by atoms with Gasteiger partial charge in [-0.05, 0) is 62.3 Å². The summed E-state index contributed by atoms with van der Waals surface area (Å²) in [6, 6.07) is 14.9. The third-order valence-corrected chi connectivity index (χ3v) is 3.71. The second-order valence-electron chi connectivity index (χ2n) is 5.64. The number of hydrogen-bond acceptors (Lipinski definition) is 3. The average Bonchev–Trinajstić information content (AvgIpc) is 2.50. The first-order valence-electron chi connectivity index (χ1n) is 7.47. The molecule has 0 aliphatic heterocycles. The lowest BCUT2D eigenvalue weighted by molar-refractivity contribution is 0.285. The van der Waals surface area contributed by atoms with Crippen molar-refractivity contribution in [3.8, 4) is 11.5 Å². The fraction of sp³-hybridized carbons (Fsp3) is 0.263. The Morgan fingerprint density at radius 3 is 2.00 bits per heavy atom. The summed E-state index contributed by atoms with van der Waals surface area (Å²) in [6.07, 6.45) is 6.20. The summed E-state index contributed by atoms with van der Waals surface area (Å²) < 4.78 is 0. The van der Waals surface area contributed by atoms with Gasteiger partial charge in [-0.1, -0.05) is 36.4 Å². The molecule has 0 aliphatic rings. The highest BCUT2D eigenvalue weighted by atomic mass is 16.3. The van der Waals surface area contributed by atoms with Crippen LogP contribution in [0.25, 0.3) is 6.08 Å². The van der Waals surface area contributed by atoms with Crippen molar-refractivity contribution in [3.05, 3.63) is 65.7 Å². The van der Waals surface area contributed by atoms with Gasteiger partial charge in [0.1, 0.15) is 11.5 Å². The highest BCUT2D eigenvalue weighted by Gasteiger charge is 2.12. The van der Waals surface area contributed by atoms with Crippen molar-refractivity contribution in [2.24, 2.45) is 0 Å². The molecule has 0 bridgehead atoms. The molecule has 3 nitrogen and oxygen atoms in total. The molecule has 0 aliphatic carbocycles. The average molecular weight is 297 g/mol. The van der Waals surface area contributed by atoms with Gasteiger partial charge in [-0.2, -0.15) is 0 Å². The minimum Gasteiger partial charge on any atom is -0.508 e. The molecule has 116 valence electrons. The van der Waals surface area contributed by atoms with E-state index >= 15 is 0 Å². The molecular formula is C19H23NO2. The molecule has 2 rings (SSSR count). The number of phenols is 2. The van der Waals surface area contributed by atoms with Gasteiger partial charge in [0.2, 0.25) is 0 Å². The summed E-state index contributed by atoms with van der Waals surface area (Å²) in [6.45, 7) is 0. The van der Waals surface area contributed by atoms with Crippen LogP contribution in [0.1, 0.15) is 30.0 Å². The van der Waals surface area contributed by atoms with Crippen molar-refractivity contribution in [1.29, 1.82) is 0 Å². The van der Waals surface area contributed by atoms with Crippen LogP contribution in [0.15, 0.2) is 54.6 Å². The molecule has 0 aromatic heterocycles. The van der Waals surface area contributed by atoms with Crippen molar-refractivity contribution in [2.75, 3.05) is 14.1 Å². The van der Waals surface area contributed by atoms with E-state index in [1.807, 2.05) is 24.3 Å². The van der Waals surface area contributed by atoms with Crippen molar-refractivity contribution in [1.82, 2.24) is 4.90 Å². The zero-order valence-electron chi connectivity index (χ0n) is 13.1. The summed E-state index contributed by atoms with van der Waals surface area (Å²) in [4.78, 5) is 2.20. The van der Waals surface area contributed by atoms with Crippen molar-refractivity contribution < 1.29 is 10.2 Å². The van der Waals surface area contributed by atoms with Gasteiger partial charge >= 0.3 is 0 Å². The van der Waals surface area contributed by atoms with Gasteiger partial charge in [0.25, 0.3) is 0 Å². The summed E-state index contributed by atoms with van der Waals surface area (Å²) in [5, 5.41) is 18.7. The summed E-state index contributed by atoms with van der Waals surface area (Å²) >= 11 is 0. The molecule has 3 heteroatoms. The van der Waals surface area contributed by atoms with Crippen molar-refractivity contribution in [2.45, 2.75) is 18.9 Å². The molecule has 0 amide bonds. The van der Waals surface area contributed by atoms with E-state index in [0.717, 1.165) is 18.4 Å². The zero-order chi connectivity index (χ0) is 15.9. The number of phenolic OH excluding ortho intramolecular Hbond substituents is 2. The summed E-state index contributed by atoms with van der Waals surface area (Å²) in [5.74, 6) is 0.589. The summed E-state index contributed by atoms with van der Waals surface area (Å²) in [5.41, 5.74) is 2.30. The fourth-order valence-corrected chi connectivity index (χ4v) is 2.48. The van der Waals surface area contributed by atoms with Crippen LogP contribution in [0, 0.1) is 0 Å². The van der Waals surface area contributed by atoms with Gasteiger partial charge in [-0.3, -0.25) is 0 Å². The van der Waals surface area contributed by atoms with Crippen molar-refractivity contribution in [3.63, 3.8) is 0 Å². The highest BCUT2D eigenvalue weighted by molar-refractivity contribution is 5.50. The van der Waals surface area contributed by atoms with Crippen LogP contribution < -0.4 is 0 Å². The number of nitrogens with zero attached hydrogens (tertiary/aromatic N) is 1. The number of rotatable bonds is 6. The lowest BCUT2D eigenvalue weighted by atomic mass is 10.0. The van der Waals surface area contributed by atoms with Crippen LogP contribution in [0.3, 0.4) is 0 Å². The van der Waals surface area contributed by atoms with E-state index in [1.54, 1.807) is 24.3 Å². The number of aromatic hydroxyl groups is 2. The molecule has 1 unspecified atom stereocenters. The van der Waals surface area contributed by atoms with Crippen LogP contribution >= 0.6 is 0 Å². The molecule has 2 aromatic carbocycles. The normalized spacial score (nSPS) is 12.9. The monoisotopic (exact) mass is 297 g/mol. The molecule has 0 saturated heterocycles. The van der Waals surface area contributed by atoms with E-state index in [9.17, 15) is 10.2 Å². The first kappa shape index (κ1) is 16.1. The molecule has 0 heterocycles. The van der Waals surface area contributed by atoms with Crippen LogP contribution in [0.4, 0.5) is 0 Å². The standard InChI is InChI=1S/C19H23NO2/c1-20(2)19(16-9-13-18(22)14-10-16)6-4-3-5-15-7-11-17(21)12-8-15/h3,5,7-14,19,21-22H,4,6H2,1-2H3. The predicted octanol–water partition coefficient (Wildman–Crippen LogP) is 4.19. The van der Waals surface area contributed by atoms with Gasteiger partial charge in [0, 0.05) is 6.04 Å². The number of hydrogen-bond donors (Lipinski definition) is 2. The van der Waals surface area contributed by atoms with Crippen LogP contribution in [0.2, 0.25) is 0 Å². The number of allylic oxidation sites excluding steroid dienone is 1. The molecule has 2 aromatic rings. The minimum absolute atomic E-state index is 0.289. The highest BCUT2D eigenvalue weighted by Crippen LogP contribution is 2.25. The Kier molecular flexibility index (Phi) is 5.61. The quantitative estimate of drug-likeness (QED) is 0.840. The summed E-state index contributed by atoms with van der Waals surface area (Å²) in [7, 11) is 4.14. The van der Waals surface area contributed by atoms with Gasteiger partial charge < -0.3 is 15.1 Å². The van der Waals surface area contributed by atoms with Gasteiger partial charge in [0.05, 0.1) is 0 Å². The first-order valence-corrected chi connectivity index (χ1v) is 7.47. The fourth-order valence-electron chi connectivity index (χ4n) is 2.48. The molecule has 1 atom stereocenters. The molecular weight excluding hydrogens is 274 g/mol. The topological polar surface area (TPSA) is 43.7 Å². The van der Waals surface area contributed by atoms with E-state index in [-0.39, 0.29) is 5.75 Å². The van der Waals surface area contributed by atoms with Crippen LogP contribution in [-0.4, -0.2) is 29.2 Å². The Morgan fingerprint density at radius 1 is 0.909 bits per heavy atom. The third-order valence-electron chi connectivity index (χ3n) is 3.71. The van der Waals surface area contributed by atoms with E-state index in [0.29, 0.717) is 11.8 Å². The first-order chi connectivity index (χ1) is 10.6. The zero-order valence-corrected chi connectivity index (χ0v) is 13.1. The molecule has 22 heavy (non-hydrogen) atoms. The van der Waals surface area contributed by atoms with E-state index in [1.165, 1.54) is 5.56 Å². The molecule has 0 fully saturated rings. The maximum Gasteiger partial charge on any atom is 0.115 e. The predicted molar refractivity (Wildman–Crippen MR) is 90.9 cm³/mol. The van der Waals surface area contributed by atoms with Crippen LogP contribution in [0.5, 0.6) is 11.5 Å². The van der Waals surface area contributed by atoms with Crippen LogP contribution in [-0.2, 0) is 0 Å². The maximum absolute atomic E-state index is 9.39. The molecule has 0 spiro atoms. The van der Waals surface area contributed by atoms with E-state index in [2.05, 4.69) is 31.1 Å². The number of benzene rings is 2. The Hall–Kier alpha value is -2.26.